The molecule has 4 heterocycles. The SMILES string of the molecule is O=C(NCC1CC1)c1nnc2n1CC[C@@]1(CC2)CCN(C(=O)c2ccsc2)C1. The molecule has 3 aliphatic rings. The molecule has 8 heteroatoms. The van der Waals surface area contributed by atoms with Crippen molar-refractivity contribution in [3.8, 4) is 0 Å². The highest BCUT2D eigenvalue weighted by Gasteiger charge is 2.41. The summed E-state index contributed by atoms with van der Waals surface area (Å²) in [6, 6.07) is 1.90. The third kappa shape index (κ3) is 3.34. The Kier molecular flexibility index (Phi) is 4.45. The molecular weight excluding hydrogens is 374 g/mol. The van der Waals surface area contributed by atoms with Crippen LogP contribution in [-0.2, 0) is 13.0 Å². The average molecular weight is 400 g/mol. The smallest absolute Gasteiger partial charge is 0.289 e. The first kappa shape index (κ1) is 17.8. The normalized spacial score (nSPS) is 24.2. The Balaban J connectivity index is 1.26. The summed E-state index contributed by atoms with van der Waals surface area (Å²) in [7, 11) is 0. The van der Waals surface area contributed by atoms with Crippen molar-refractivity contribution in [2.45, 2.75) is 45.1 Å². The van der Waals surface area contributed by atoms with Gasteiger partial charge in [0.1, 0.15) is 5.82 Å². The highest BCUT2D eigenvalue weighted by molar-refractivity contribution is 7.08. The van der Waals surface area contributed by atoms with Crippen molar-refractivity contribution in [3.05, 3.63) is 34.0 Å². The Morgan fingerprint density at radius 1 is 1.21 bits per heavy atom. The number of nitrogens with zero attached hydrogens (tertiary/aromatic N) is 4. The van der Waals surface area contributed by atoms with Crippen molar-refractivity contribution in [1.82, 2.24) is 25.0 Å². The summed E-state index contributed by atoms with van der Waals surface area (Å²) in [4.78, 5) is 27.2. The minimum Gasteiger partial charge on any atom is -0.349 e. The van der Waals surface area contributed by atoms with Crippen molar-refractivity contribution >= 4 is 23.2 Å². The first-order valence-electron chi connectivity index (χ1n) is 10.2. The van der Waals surface area contributed by atoms with Crippen LogP contribution in [0.3, 0.4) is 0 Å². The van der Waals surface area contributed by atoms with E-state index >= 15 is 0 Å². The number of aromatic nitrogens is 3. The highest BCUT2D eigenvalue weighted by atomic mass is 32.1. The monoisotopic (exact) mass is 399 g/mol. The van der Waals surface area contributed by atoms with Crippen molar-refractivity contribution in [2.24, 2.45) is 11.3 Å². The number of rotatable bonds is 4. The van der Waals surface area contributed by atoms with Gasteiger partial charge in [-0.2, -0.15) is 11.3 Å². The highest BCUT2D eigenvalue weighted by Crippen LogP contribution is 2.41. The molecule has 5 rings (SSSR count). The summed E-state index contributed by atoms with van der Waals surface area (Å²) in [5.41, 5.74) is 0.913. The van der Waals surface area contributed by atoms with Crippen LogP contribution in [-0.4, -0.2) is 51.1 Å². The summed E-state index contributed by atoms with van der Waals surface area (Å²) in [5, 5.41) is 15.3. The van der Waals surface area contributed by atoms with Crippen LogP contribution in [0.5, 0.6) is 0 Å². The van der Waals surface area contributed by atoms with Crippen molar-refractivity contribution in [2.75, 3.05) is 19.6 Å². The Morgan fingerprint density at radius 3 is 2.86 bits per heavy atom. The van der Waals surface area contributed by atoms with Gasteiger partial charge in [0.05, 0.1) is 5.56 Å². The predicted molar refractivity (Wildman–Crippen MR) is 105 cm³/mol. The number of carbonyl (C=O) groups excluding carboxylic acids is 2. The number of amides is 2. The number of thiophene rings is 1. The Bertz CT molecular complexity index is 889. The molecule has 1 N–H and O–H groups in total. The van der Waals surface area contributed by atoms with Crippen LogP contribution in [0.4, 0.5) is 0 Å². The summed E-state index contributed by atoms with van der Waals surface area (Å²) < 4.78 is 2.00. The zero-order valence-corrected chi connectivity index (χ0v) is 16.7. The van der Waals surface area contributed by atoms with E-state index in [1.165, 1.54) is 12.8 Å². The van der Waals surface area contributed by atoms with Gasteiger partial charge in [-0.1, -0.05) is 0 Å². The molecule has 148 valence electrons. The maximum absolute atomic E-state index is 12.7. The number of carbonyl (C=O) groups is 2. The number of fused-ring (bicyclic) bond motifs is 1. The number of hydrogen-bond acceptors (Lipinski definition) is 5. The lowest BCUT2D eigenvalue weighted by Gasteiger charge is -2.27. The Morgan fingerprint density at radius 2 is 2.07 bits per heavy atom. The quantitative estimate of drug-likeness (QED) is 0.856. The third-order valence-electron chi connectivity index (χ3n) is 6.52. The van der Waals surface area contributed by atoms with Gasteiger partial charge in [-0.15, -0.1) is 10.2 Å². The van der Waals surface area contributed by atoms with Crippen molar-refractivity contribution < 1.29 is 9.59 Å². The van der Waals surface area contributed by atoms with Crippen LogP contribution < -0.4 is 5.32 Å². The van der Waals surface area contributed by atoms with E-state index in [9.17, 15) is 9.59 Å². The second-order valence-electron chi connectivity index (χ2n) is 8.48. The lowest BCUT2D eigenvalue weighted by atomic mass is 9.80. The number of nitrogens with one attached hydrogen (secondary N) is 1. The molecule has 1 saturated carbocycles. The Labute approximate surface area is 168 Å². The van der Waals surface area contributed by atoms with Crippen LogP contribution in [0.25, 0.3) is 0 Å². The van der Waals surface area contributed by atoms with E-state index in [1.54, 1.807) is 11.3 Å². The zero-order chi connectivity index (χ0) is 19.1. The molecule has 0 unspecified atom stereocenters. The van der Waals surface area contributed by atoms with Crippen molar-refractivity contribution in [3.63, 3.8) is 0 Å². The zero-order valence-electron chi connectivity index (χ0n) is 15.9. The molecule has 7 nitrogen and oxygen atoms in total. The summed E-state index contributed by atoms with van der Waals surface area (Å²) >= 11 is 1.56. The fraction of sp³-hybridized carbons (Fsp3) is 0.600. The molecule has 1 saturated heterocycles. The van der Waals surface area contributed by atoms with Gasteiger partial charge in [0.2, 0.25) is 5.82 Å². The molecule has 0 bridgehead atoms. The molecular formula is C20H25N5O2S. The second-order valence-corrected chi connectivity index (χ2v) is 9.26. The predicted octanol–water partition coefficient (Wildman–Crippen LogP) is 2.35. The molecule has 0 radical (unpaired) electrons. The van der Waals surface area contributed by atoms with Gasteiger partial charge < -0.3 is 14.8 Å². The van der Waals surface area contributed by atoms with Gasteiger partial charge in [-0.05, 0) is 54.9 Å². The third-order valence-corrected chi connectivity index (χ3v) is 7.20. The van der Waals surface area contributed by atoms with Crippen LogP contribution in [0.1, 0.15) is 58.9 Å². The van der Waals surface area contributed by atoms with Gasteiger partial charge >= 0.3 is 0 Å². The van der Waals surface area contributed by atoms with Crippen molar-refractivity contribution in [1.29, 1.82) is 0 Å². The van der Waals surface area contributed by atoms with E-state index in [-0.39, 0.29) is 17.2 Å². The average Bonchev–Trinajstić information content (AvgIpc) is 3.10. The maximum Gasteiger partial charge on any atom is 0.289 e. The summed E-state index contributed by atoms with van der Waals surface area (Å²) in [5.74, 6) is 2.01. The lowest BCUT2D eigenvalue weighted by Crippen LogP contribution is -2.32. The fourth-order valence-electron chi connectivity index (χ4n) is 4.50. The largest absolute Gasteiger partial charge is 0.349 e. The van der Waals surface area contributed by atoms with E-state index in [2.05, 4.69) is 15.5 Å². The summed E-state index contributed by atoms with van der Waals surface area (Å²) in [6.07, 6.45) is 6.19. The van der Waals surface area contributed by atoms with E-state index < -0.39 is 0 Å². The Hall–Kier alpha value is -2.22. The lowest BCUT2D eigenvalue weighted by molar-refractivity contribution is 0.0767. The number of aryl methyl sites for hydroxylation is 1. The van der Waals surface area contributed by atoms with E-state index in [4.69, 9.17) is 0 Å². The topological polar surface area (TPSA) is 80.1 Å². The van der Waals surface area contributed by atoms with Gasteiger partial charge in [0.25, 0.3) is 11.8 Å². The van der Waals surface area contributed by atoms with Crippen LogP contribution in [0.2, 0.25) is 0 Å². The minimum absolute atomic E-state index is 0.109. The van der Waals surface area contributed by atoms with Gasteiger partial charge in [-0.3, -0.25) is 9.59 Å². The van der Waals surface area contributed by atoms with Crippen LogP contribution in [0.15, 0.2) is 16.8 Å². The number of likely N-dealkylation sites (tertiary alicyclic amines) is 1. The van der Waals surface area contributed by atoms with E-state index in [0.29, 0.717) is 11.7 Å². The molecule has 2 aromatic rings. The minimum atomic E-state index is -0.109. The molecule has 2 amide bonds. The molecule has 2 aliphatic heterocycles. The van der Waals surface area contributed by atoms with Crippen LogP contribution >= 0.6 is 11.3 Å². The second kappa shape index (κ2) is 6.99. The molecule has 2 fully saturated rings. The molecule has 1 aliphatic carbocycles. The molecule has 1 spiro atoms. The van der Waals surface area contributed by atoms with Gasteiger partial charge in [0, 0.05) is 38.0 Å². The van der Waals surface area contributed by atoms with E-state index in [0.717, 1.165) is 63.3 Å². The van der Waals surface area contributed by atoms with E-state index in [1.807, 2.05) is 26.3 Å². The first-order chi connectivity index (χ1) is 13.6. The van der Waals surface area contributed by atoms with Gasteiger partial charge in [-0.25, -0.2) is 0 Å². The molecule has 28 heavy (non-hydrogen) atoms. The van der Waals surface area contributed by atoms with Gasteiger partial charge in [0.15, 0.2) is 0 Å². The molecule has 1 atom stereocenters. The molecule has 0 aromatic carbocycles. The first-order valence-corrected chi connectivity index (χ1v) is 11.1. The maximum atomic E-state index is 12.7. The molecule has 2 aromatic heterocycles. The van der Waals surface area contributed by atoms with Crippen LogP contribution in [0, 0.1) is 11.3 Å². The number of hydrogen-bond donors (Lipinski definition) is 1. The summed E-state index contributed by atoms with van der Waals surface area (Å²) in [6.45, 7) is 3.09. The standard InChI is InChI=1S/C20H25N5O2S/c26-18(21-11-14-1-2-14)17-23-22-16-3-5-20(7-9-25(16)17)6-8-24(13-20)19(27)15-4-10-28-12-15/h4,10,12,14H,1-3,5-9,11,13H2,(H,21,26)/t20-/m1/s1. The fourth-order valence-corrected chi connectivity index (χ4v) is 5.13.